The number of likely N-dealkylation sites (tertiary alicyclic amines) is 1. The van der Waals surface area contributed by atoms with Gasteiger partial charge >= 0.3 is 6.03 Å². The number of nitro benzene ring substituents is 1. The van der Waals surface area contributed by atoms with Gasteiger partial charge in [0.2, 0.25) is 0 Å². The van der Waals surface area contributed by atoms with Crippen LogP contribution in [0.5, 0.6) is 0 Å². The van der Waals surface area contributed by atoms with Gasteiger partial charge in [0.05, 0.1) is 4.92 Å². The average Bonchev–Trinajstić information content (AvgIpc) is 2.79. The molecule has 1 atom stereocenters. The Hall–Kier alpha value is -3.48. The summed E-state index contributed by atoms with van der Waals surface area (Å²) in [7, 11) is 0. The number of hydrogen-bond donors (Lipinski definition) is 0. The number of piperidine rings is 1. The van der Waals surface area contributed by atoms with Crippen LogP contribution in [0.15, 0.2) is 65.9 Å². The Balaban J connectivity index is 1.55. The van der Waals surface area contributed by atoms with Gasteiger partial charge in [-0.15, -0.1) is 0 Å². The molecular formula is C24H26N4O3. The summed E-state index contributed by atoms with van der Waals surface area (Å²) in [6.45, 7) is 2.62. The smallest absolute Gasteiger partial charge is 0.320 e. The molecule has 0 radical (unpaired) electrons. The number of hydrazone groups is 1. The number of benzene rings is 2. The molecule has 1 saturated heterocycles. The Morgan fingerprint density at radius 1 is 1.13 bits per heavy atom. The topological polar surface area (TPSA) is 79.0 Å². The van der Waals surface area contributed by atoms with Crippen molar-refractivity contribution >= 4 is 23.0 Å². The van der Waals surface area contributed by atoms with E-state index in [0.29, 0.717) is 6.42 Å². The lowest BCUT2D eigenvalue weighted by atomic mass is 9.96. The highest BCUT2D eigenvalue weighted by molar-refractivity contribution is 5.96. The average molecular weight is 418 g/mol. The van der Waals surface area contributed by atoms with Crippen molar-refractivity contribution in [3.8, 4) is 0 Å². The highest BCUT2D eigenvalue weighted by atomic mass is 16.6. The van der Waals surface area contributed by atoms with E-state index < -0.39 is 4.92 Å². The number of urea groups is 1. The Bertz CT molecular complexity index is 1010. The van der Waals surface area contributed by atoms with Crippen molar-refractivity contribution in [3.05, 3.63) is 82.0 Å². The molecule has 2 aromatic carbocycles. The standard InChI is InChI=1S/C24H26N4O3/c1-18-15-21(20-10-12-22(13-11-20)28(30)31)17-27(25-18)24(29)26-14-6-5-9-23(26)16-19-7-3-2-4-8-19/h2-4,7-8,10-13,17,23H,5-6,9,14-16H2,1H3. The van der Waals surface area contributed by atoms with E-state index >= 15 is 0 Å². The van der Waals surface area contributed by atoms with Gasteiger partial charge in [-0.1, -0.05) is 30.3 Å². The fourth-order valence-corrected chi connectivity index (χ4v) is 4.27. The monoisotopic (exact) mass is 418 g/mol. The number of allylic oxidation sites excluding steroid dienone is 1. The second kappa shape index (κ2) is 9.12. The number of nitrogens with zero attached hydrogens (tertiary/aromatic N) is 4. The molecule has 0 N–H and O–H groups in total. The molecule has 2 aliphatic rings. The molecule has 7 nitrogen and oxygen atoms in total. The molecule has 31 heavy (non-hydrogen) atoms. The lowest BCUT2D eigenvalue weighted by molar-refractivity contribution is -0.384. The summed E-state index contributed by atoms with van der Waals surface area (Å²) in [4.78, 5) is 25.9. The molecule has 0 spiro atoms. The van der Waals surface area contributed by atoms with Crippen molar-refractivity contribution in [3.63, 3.8) is 0 Å². The first-order valence-electron chi connectivity index (χ1n) is 10.6. The molecule has 1 fully saturated rings. The van der Waals surface area contributed by atoms with Crippen LogP contribution in [0.25, 0.3) is 5.57 Å². The molecule has 2 heterocycles. The summed E-state index contributed by atoms with van der Waals surface area (Å²) in [5, 5.41) is 16.9. The third kappa shape index (κ3) is 4.82. The van der Waals surface area contributed by atoms with Crippen molar-refractivity contribution in [2.75, 3.05) is 6.54 Å². The maximum atomic E-state index is 13.4. The number of amides is 2. The summed E-state index contributed by atoms with van der Waals surface area (Å²) < 4.78 is 0. The molecule has 7 heteroatoms. The molecule has 2 aromatic rings. The molecule has 160 valence electrons. The van der Waals surface area contributed by atoms with E-state index in [9.17, 15) is 14.9 Å². The Morgan fingerprint density at radius 2 is 1.87 bits per heavy atom. The van der Waals surface area contributed by atoms with Crippen LogP contribution in [0.4, 0.5) is 10.5 Å². The predicted octanol–water partition coefficient (Wildman–Crippen LogP) is 5.23. The number of rotatable bonds is 4. The number of carbonyl (C=O) groups excluding carboxylic acids is 1. The molecule has 1 unspecified atom stereocenters. The zero-order valence-corrected chi connectivity index (χ0v) is 17.6. The third-order valence-electron chi connectivity index (χ3n) is 5.83. The van der Waals surface area contributed by atoms with Gasteiger partial charge in [-0.25, -0.2) is 4.79 Å². The molecule has 2 amide bonds. The van der Waals surface area contributed by atoms with Gasteiger partial charge in [0.15, 0.2) is 0 Å². The normalized spacial score (nSPS) is 18.9. The van der Waals surface area contributed by atoms with Crippen molar-refractivity contribution in [1.29, 1.82) is 0 Å². The molecular weight excluding hydrogens is 392 g/mol. The molecule has 0 aromatic heterocycles. The van der Waals surface area contributed by atoms with Crippen LogP contribution >= 0.6 is 0 Å². The second-order valence-corrected chi connectivity index (χ2v) is 8.13. The fourth-order valence-electron chi connectivity index (χ4n) is 4.27. The molecule has 0 bridgehead atoms. The van der Waals surface area contributed by atoms with E-state index in [4.69, 9.17) is 0 Å². The van der Waals surface area contributed by atoms with Crippen molar-refractivity contribution in [2.24, 2.45) is 5.10 Å². The minimum absolute atomic E-state index is 0.0514. The summed E-state index contributed by atoms with van der Waals surface area (Å²) >= 11 is 0. The Labute approximate surface area is 181 Å². The summed E-state index contributed by atoms with van der Waals surface area (Å²) in [6.07, 6.45) is 6.30. The number of hydrogen-bond acceptors (Lipinski definition) is 4. The highest BCUT2D eigenvalue weighted by Crippen LogP contribution is 2.28. The van der Waals surface area contributed by atoms with Crippen LogP contribution in [-0.4, -0.2) is 39.2 Å². The van der Waals surface area contributed by atoms with Crippen molar-refractivity contribution < 1.29 is 9.72 Å². The minimum Gasteiger partial charge on any atom is -0.320 e. The maximum absolute atomic E-state index is 13.4. The number of non-ortho nitro benzene ring substituents is 1. The van der Waals surface area contributed by atoms with Gasteiger partial charge in [0, 0.05) is 43.1 Å². The lowest BCUT2D eigenvalue weighted by Gasteiger charge is -2.38. The van der Waals surface area contributed by atoms with E-state index in [1.54, 1.807) is 18.3 Å². The van der Waals surface area contributed by atoms with Crippen molar-refractivity contribution in [2.45, 2.75) is 45.1 Å². The van der Waals surface area contributed by atoms with Crippen LogP contribution in [0.2, 0.25) is 0 Å². The van der Waals surface area contributed by atoms with Gasteiger partial charge in [-0.3, -0.25) is 10.1 Å². The van der Waals surface area contributed by atoms with Crippen LogP contribution in [-0.2, 0) is 6.42 Å². The van der Waals surface area contributed by atoms with E-state index in [0.717, 1.165) is 49.1 Å². The zero-order chi connectivity index (χ0) is 21.8. The minimum atomic E-state index is -0.412. The fraction of sp³-hybridized carbons (Fsp3) is 0.333. The van der Waals surface area contributed by atoms with E-state index in [2.05, 4.69) is 17.2 Å². The predicted molar refractivity (Wildman–Crippen MR) is 121 cm³/mol. The number of nitro groups is 1. The first-order valence-corrected chi connectivity index (χ1v) is 10.6. The van der Waals surface area contributed by atoms with Crippen LogP contribution < -0.4 is 0 Å². The third-order valence-corrected chi connectivity index (χ3v) is 5.83. The van der Waals surface area contributed by atoms with E-state index in [1.165, 1.54) is 22.7 Å². The SMILES string of the molecule is CC1=NN(C(=O)N2CCCCC2Cc2ccccc2)C=C(c2ccc([N+](=O)[O-])cc2)C1. The molecule has 4 rings (SSSR count). The molecule has 2 aliphatic heterocycles. The highest BCUT2D eigenvalue weighted by Gasteiger charge is 2.31. The zero-order valence-electron chi connectivity index (χ0n) is 17.6. The van der Waals surface area contributed by atoms with Gasteiger partial charge < -0.3 is 4.90 Å². The van der Waals surface area contributed by atoms with Gasteiger partial charge in [0.1, 0.15) is 0 Å². The number of carbonyl (C=O) groups is 1. The Kier molecular flexibility index (Phi) is 6.11. The first kappa shape index (κ1) is 20.8. The van der Waals surface area contributed by atoms with Gasteiger partial charge in [-0.2, -0.15) is 10.1 Å². The molecule has 0 saturated carbocycles. The second-order valence-electron chi connectivity index (χ2n) is 8.13. The molecule has 0 aliphatic carbocycles. The van der Waals surface area contributed by atoms with Gasteiger partial charge in [-0.05, 0) is 61.4 Å². The van der Waals surface area contributed by atoms with Gasteiger partial charge in [0.25, 0.3) is 5.69 Å². The van der Waals surface area contributed by atoms with Crippen LogP contribution in [0.3, 0.4) is 0 Å². The Morgan fingerprint density at radius 3 is 2.58 bits per heavy atom. The summed E-state index contributed by atoms with van der Waals surface area (Å²) in [5.41, 5.74) is 3.90. The van der Waals surface area contributed by atoms with Crippen molar-refractivity contribution in [1.82, 2.24) is 9.91 Å². The lowest BCUT2D eigenvalue weighted by Crippen LogP contribution is -2.49. The first-order chi connectivity index (χ1) is 15.0. The van der Waals surface area contributed by atoms with Crippen LogP contribution in [0.1, 0.15) is 43.7 Å². The summed E-state index contributed by atoms with van der Waals surface area (Å²) in [5.74, 6) is 0. The quantitative estimate of drug-likeness (QED) is 0.503. The largest absolute Gasteiger partial charge is 0.344 e. The maximum Gasteiger partial charge on any atom is 0.344 e. The van der Waals surface area contributed by atoms with E-state index in [1.807, 2.05) is 30.0 Å². The summed E-state index contributed by atoms with van der Waals surface area (Å²) in [6, 6.07) is 16.7. The van der Waals surface area contributed by atoms with E-state index in [-0.39, 0.29) is 17.8 Å². The van der Waals surface area contributed by atoms with Crippen LogP contribution in [0, 0.1) is 10.1 Å².